The summed E-state index contributed by atoms with van der Waals surface area (Å²) in [6.45, 7) is 0. The number of rotatable bonds is 7. The molecule has 1 fully saturated rings. The van der Waals surface area contributed by atoms with Gasteiger partial charge in [-0.25, -0.2) is 0 Å². The first-order chi connectivity index (χ1) is 11.6. The van der Waals surface area contributed by atoms with Gasteiger partial charge in [-0.1, -0.05) is 18.9 Å². The highest BCUT2D eigenvalue weighted by Gasteiger charge is 2.27. The van der Waals surface area contributed by atoms with Crippen molar-refractivity contribution in [1.82, 2.24) is 5.32 Å². The molecular weight excluding hydrogens is 310 g/mol. The number of carbonyl (C=O) groups excluding carboxylic acids is 2. The van der Waals surface area contributed by atoms with Crippen molar-refractivity contribution >= 4 is 11.9 Å². The van der Waals surface area contributed by atoms with Gasteiger partial charge in [0.15, 0.2) is 11.5 Å². The van der Waals surface area contributed by atoms with Crippen molar-refractivity contribution in [3.8, 4) is 11.5 Å². The molecule has 1 N–H and O–H groups in total. The first kappa shape index (κ1) is 18.1. The van der Waals surface area contributed by atoms with Gasteiger partial charge in [-0.2, -0.15) is 0 Å². The Kier molecular flexibility index (Phi) is 6.46. The minimum atomic E-state index is -0.453. The van der Waals surface area contributed by atoms with E-state index in [1.54, 1.807) is 26.4 Å². The Morgan fingerprint density at radius 1 is 1.12 bits per heavy atom. The summed E-state index contributed by atoms with van der Waals surface area (Å²) in [5.74, 6) is 0.808. The number of hydrogen-bond acceptors (Lipinski definition) is 5. The Bertz CT molecular complexity index is 581. The van der Waals surface area contributed by atoms with Crippen LogP contribution in [0.4, 0.5) is 0 Å². The molecule has 1 aromatic rings. The third-order valence-corrected chi connectivity index (χ3v) is 4.45. The number of ether oxygens (including phenoxy) is 3. The molecule has 0 spiro atoms. The summed E-state index contributed by atoms with van der Waals surface area (Å²) in [6, 6.07) is 4.91. The van der Waals surface area contributed by atoms with Gasteiger partial charge in [0.05, 0.1) is 33.8 Å². The predicted octanol–water partition coefficient (Wildman–Crippen LogP) is 2.61. The zero-order chi connectivity index (χ0) is 17.5. The molecule has 1 saturated carbocycles. The van der Waals surface area contributed by atoms with E-state index in [1.165, 1.54) is 7.11 Å². The van der Waals surface area contributed by atoms with E-state index < -0.39 is 6.04 Å². The van der Waals surface area contributed by atoms with E-state index in [1.807, 2.05) is 6.07 Å². The van der Waals surface area contributed by atoms with Gasteiger partial charge in [0, 0.05) is 5.92 Å². The fraction of sp³-hybridized carbons (Fsp3) is 0.556. The Morgan fingerprint density at radius 3 is 2.38 bits per heavy atom. The van der Waals surface area contributed by atoms with Crippen molar-refractivity contribution in [2.24, 2.45) is 5.92 Å². The highest BCUT2D eigenvalue weighted by atomic mass is 16.5. The van der Waals surface area contributed by atoms with E-state index in [2.05, 4.69) is 5.32 Å². The molecule has 0 aliphatic heterocycles. The number of methoxy groups -OCH3 is 3. The summed E-state index contributed by atoms with van der Waals surface area (Å²) >= 11 is 0. The van der Waals surface area contributed by atoms with Gasteiger partial charge in [-0.15, -0.1) is 0 Å². The molecular formula is C18H25NO5. The molecule has 0 unspecified atom stereocenters. The van der Waals surface area contributed by atoms with Crippen molar-refractivity contribution in [3.63, 3.8) is 0 Å². The van der Waals surface area contributed by atoms with Crippen LogP contribution in [0.1, 0.15) is 43.7 Å². The Hall–Kier alpha value is -2.24. The molecule has 0 heterocycles. The zero-order valence-corrected chi connectivity index (χ0v) is 14.5. The summed E-state index contributed by atoms with van der Waals surface area (Å²) in [5.41, 5.74) is 0.782. The van der Waals surface area contributed by atoms with Crippen molar-refractivity contribution < 1.29 is 23.8 Å². The second-order valence-corrected chi connectivity index (χ2v) is 5.94. The van der Waals surface area contributed by atoms with Crippen LogP contribution in [0.15, 0.2) is 18.2 Å². The van der Waals surface area contributed by atoms with Gasteiger partial charge in [0.2, 0.25) is 5.91 Å². The average Bonchev–Trinajstić information content (AvgIpc) is 3.15. The Labute approximate surface area is 142 Å². The molecule has 0 radical (unpaired) electrons. The molecule has 0 saturated heterocycles. The number of esters is 1. The van der Waals surface area contributed by atoms with Crippen LogP contribution in [0.2, 0.25) is 0 Å². The molecule has 6 nitrogen and oxygen atoms in total. The van der Waals surface area contributed by atoms with Crippen LogP contribution < -0.4 is 14.8 Å². The number of carbonyl (C=O) groups is 2. The van der Waals surface area contributed by atoms with Crippen molar-refractivity contribution in [3.05, 3.63) is 23.8 Å². The third-order valence-electron chi connectivity index (χ3n) is 4.45. The predicted molar refractivity (Wildman–Crippen MR) is 89.0 cm³/mol. The van der Waals surface area contributed by atoms with Crippen molar-refractivity contribution in [1.29, 1.82) is 0 Å². The van der Waals surface area contributed by atoms with Crippen LogP contribution in [0.3, 0.4) is 0 Å². The molecule has 0 bridgehead atoms. The van der Waals surface area contributed by atoms with Crippen molar-refractivity contribution in [2.75, 3.05) is 21.3 Å². The maximum absolute atomic E-state index is 12.5. The second-order valence-electron chi connectivity index (χ2n) is 5.94. The van der Waals surface area contributed by atoms with E-state index in [4.69, 9.17) is 14.2 Å². The summed E-state index contributed by atoms with van der Waals surface area (Å²) in [6.07, 6.45) is 4.04. The maximum Gasteiger partial charge on any atom is 0.307 e. The van der Waals surface area contributed by atoms with Gasteiger partial charge in [0.1, 0.15) is 0 Å². The lowest BCUT2D eigenvalue weighted by atomic mass is 10.0. The monoisotopic (exact) mass is 335 g/mol. The molecule has 1 aliphatic carbocycles. The zero-order valence-electron chi connectivity index (χ0n) is 14.5. The quantitative estimate of drug-likeness (QED) is 0.775. The third kappa shape index (κ3) is 4.40. The normalized spacial score (nSPS) is 15.6. The number of hydrogen-bond donors (Lipinski definition) is 1. The molecule has 1 aromatic carbocycles. The number of amides is 1. The number of benzene rings is 1. The second kappa shape index (κ2) is 8.57. The van der Waals surface area contributed by atoms with Gasteiger partial charge in [0.25, 0.3) is 0 Å². The summed E-state index contributed by atoms with van der Waals surface area (Å²) in [4.78, 5) is 24.2. The standard InChI is InChI=1S/C18H25NO5/c1-22-15-9-8-13(10-16(15)23-2)14(11-17(20)24-3)19-18(21)12-6-4-5-7-12/h8-10,12,14H,4-7,11H2,1-3H3,(H,19,21)/t14-/m1/s1. The highest BCUT2D eigenvalue weighted by Crippen LogP contribution is 2.32. The van der Waals surface area contributed by atoms with Gasteiger partial charge in [-0.05, 0) is 30.5 Å². The van der Waals surface area contributed by atoms with Gasteiger partial charge >= 0.3 is 5.97 Å². The smallest absolute Gasteiger partial charge is 0.307 e. The maximum atomic E-state index is 12.5. The van der Waals surface area contributed by atoms with Crippen molar-refractivity contribution in [2.45, 2.75) is 38.1 Å². The van der Waals surface area contributed by atoms with E-state index in [0.29, 0.717) is 11.5 Å². The molecule has 1 amide bonds. The first-order valence-electron chi connectivity index (χ1n) is 8.18. The summed E-state index contributed by atoms with van der Waals surface area (Å²) in [5, 5.41) is 2.99. The van der Waals surface area contributed by atoms with Gasteiger partial charge in [-0.3, -0.25) is 9.59 Å². The molecule has 0 aromatic heterocycles. The minimum Gasteiger partial charge on any atom is -0.493 e. The Balaban J connectivity index is 2.21. The molecule has 132 valence electrons. The van der Waals surface area contributed by atoms with E-state index in [0.717, 1.165) is 31.2 Å². The van der Waals surface area contributed by atoms with Crippen LogP contribution >= 0.6 is 0 Å². The highest BCUT2D eigenvalue weighted by molar-refractivity contribution is 5.80. The average molecular weight is 335 g/mol. The lowest BCUT2D eigenvalue weighted by Crippen LogP contribution is -2.34. The topological polar surface area (TPSA) is 73.9 Å². The molecule has 1 atom stereocenters. The van der Waals surface area contributed by atoms with Gasteiger partial charge < -0.3 is 19.5 Å². The fourth-order valence-corrected chi connectivity index (χ4v) is 3.05. The Morgan fingerprint density at radius 2 is 1.79 bits per heavy atom. The van der Waals surface area contributed by atoms with Crippen LogP contribution in [0, 0.1) is 5.92 Å². The SMILES string of the molecule is COC(=O)C[C@@H](NC(=O)C1CCCC1)c1ccc(OC)c(OC)c1. The van der Waals surface area contributed by atoms with Crippen LogP contribution in [0.5, 0.6) is 11.5 Å². The lowest BCUT2D eigenvalue weighted by molar-refractivity contribution is -0.141. The van der Waals surface area contributed by atoms with E-state index >= 15 is 0 Å². The van der Waals surface area contributed by atoms with E-state index in [-0.39, 0.29) is 24.2 Å². The first-order valence-corrected chi connectivity index (χ1v) is 8.18. The molecule has 2 rings (SSSR count). The summed E-state index contributed by atoms with van der Waals surface area (Å²) in [7, 11) is 4.45. The van der Waals surface area contributed by atoms with Crippen LogP contribution in [0.25, 0.3) is 0 Å². The summed E-state index contributed by atoms with van der Waals surface area (Å²) < 4.78 is 15.3. The minimum absolute atomic E-state index is 0.00353. The lowest BCUT2D eigenvalue weighted by Gasteiger charge is -2.21. The van der Waals surface area contributed by atoms with E-state index in [9.17, 15) is 9.59 Å². The number of nitrogens with one attached hydrogen (secondary N) is 1. The largest absolute Gasteiger partial charge is 0.493 e. The molecule has 6 heteroatoms. The molecule has 1 aliphatic rings. The van der Waals surface area contributed by atoms with Crippen LogP contribution in [-0.4, -0.2) is 33.2 Å². The molecule has 24 heavy (non-hydrogen) atoms. The fourth-order valence-electron chi connectivity index (χ4n) is 3.05. The van der Waals surface area contributed by atoms with Crippen LogP contribution in [-0.2, 0) is 14.3 Å².